The first kappa shape index (κ1) is 25.2. The van der Waals surface area contributed by atoms with Crippen molar-refractivity contribution in [3.8, 4) is 28.2 Å². The molecule has 0 atom stereocenters. The highest BCUT2D eigenvalue weighted by atomic mass is 35.5. The lowest BCUT2D eigenvalue weighted by atomic mass is 10.0. The van der Waals surface area contributed by atoms with Crippen LogP contribution in [0.5, 0.6) is 5.75 Å². The number of ether oxygens (including phenoxy) is 2. The fourth-order valence-corrected chi connectivity index (χ4v) is 3.97. The smallest absolute Gasteiger partial charge is 0.342 e. The zero-order valence-corrected chi connectivity index (χ0v) is 21.1. The van der Waals surface area contributed by atoms with Gasteiger partial charge in [0.2, 0.25) is 5.71 Å². The minimum Gasteiger partial charge on any atom is -0.496 e. The Balaban J connectivity index is 1.90. The number of nitrogens with zero attached hydrogens (tertiary/aromatic N) is 1. The molecule has 0 saturated heterocycles. The molecule has 7 nitrogen and oxygen atoms in total. The van der Waals surface area contributed by atoms with Gasteiger partial charge in [-0.2, -0.15) is 0 Å². The van der Waals surface area contributed by atoms with Gasteiger partial charge in [0.1, 0.15) is 33.6 Å². The van der Waals surface area contributed by atoms with Crippen LogP contribution in [0.4, 0.5) is 4.39 Å². The standard InChI is InChI=1S/C27H24ClFN2O5/c1-27(2,3)36-26(33)18-12-15(8-11-20(18)34-5)17-13-19-21(24(32)30-4)22(35-25(19)31-23(17)28)14-6-9-16(29)10-7-14/h6-13H,1-5H3,(H,30,32). The molecule has 0 aliphatic heterocycles. The molecule has 0 radical (unpaired) electrons. The largest absolute Gasteiger partial charge is 0.496 e. The third-order valence-electron chi connectivity index (χ3n) is 5.33. The Morgan fingerprint density at radius 2 is 1.72 bits per heavy atom. The predicted octanol–water partition coefficient (Wildman–Crippen LogP) is 6.28. The van der Waals surface area contributed by atoms with E-state index < -0.39 is 23.3 Å². The number of pyridine rings is 1. The van der Waals surface area contributed by atoms with E-state index in [0.29, 0.717) is 27.8 Å². The number of amides is 1. The van der Waals surface area contributed by atoms with Crippen LogP contribution in [0.3, 0.4) is 0 Å². The Hall–Kier alpha value is -3.91. The number of carbonyl (C=O) groups is 2. The third kappa shape index (κ3) is 4.90. The highest BCUT2D eigenvalue weighted by molar-refractivity contribution is 6.33. The topological polar surface area (TPSA) is 90.7 Å². The van der Waals surface area contributed by atoms with Crippen molar-refractivity contribution in [2.24, 2.45) is 0 Å². The summed E-state index contributed by atoms with van der Waals surface area (Å²) >= 11 is 6.52. The maximum atomic E-state index is 13.5. The Morgan fingerprint density at radius 3 is 2.33 bits per heavy atom. The average molecular weight is 511 g/mol. The number of benzene rings is 2. The van der Waals surface area contributed by atoms with E-state index in [0.717, 1.165) is 0 Å². The second-order valence-electron chi connectivity index (χ2n) is 8.99. The second-order valence-corrected chi connectivity index (χ2v) is 9.35. The summed E-state index contributed by atoms with van der Waals surface area (Å²) in [5, 5.41) is 3.11. The van der Waals surface area contributed by atoms with Crippen LogP contribution in [0, 0.1) is 5.82 Å². The van der Waals surface area contributed by atoms with Gasteiger partial charge in [0.25, 0.3) is 5.91 Å². The molecule has 0 fully saturated rings. The lowest BCUT2D eigenvalue weighted by Crippen LogP contribution is -2.24. The minimum atomic E-state index is -0.702. The minimum absolute atomic E-state index is 0.102. The predicted molar refractivity (Wildman–Crippen MR) is 135 cm³/mol. The van der Waals surface area contributed by atoms with E-state index in [2.05, 4.69) is 10.3 Å². The van der Waals surface area contributed by atoms with Crippen molar-refractivity contribution in [3.05, 3.63) is 70.6 Å². The molecule has 2 aromatic heterocycles. The van der Waals surface area contributed by atoms with Crippen molar-refractivity contribution in [2.75, 3.05) is 14.2 Å². The summed E-state index contributed by atoms with van der Waals surface area (Å²) in [5.41, 5.74) is 1.41. The molecule has 4 rings (SSSR count). The summed E-state index contributed by atoms with van der Waals surface area (Å²) in [5.74, 6) is -0.813. The number of fused-ring (bicyclic) bond motifs is 1. The number of esters is 1. The maximum Gasteiger partial charge on any atom is 0.342 e. The molecule has 4 aromatic rings. The quantitative estimate of drug-likeness (QED) is 0.251. The molecule has 0 bridgehead atoms. The highest BCUT2D eigenvalue weighted by Gasteiger charge is 2.26. The van der Waals surface area contributed by atoms with Gasteiger partial charge in [0, 0.05) is 18.2 Å². The molecule has 186 valence electrons. The first-order valence-corrected chi connectivity index (χ1v) is 11.4. The second kappa shape index (κ2) is 9.62. The number of aromatic nitrogens is 1. The summed E-state index contributed by atoms with van der Waals surface area (Å²) in [6.45, 7) is 5.32. The molecule has 36 heavy (non-hydrogen) atoms. The number of hydrogen-bond acceptors (Lipinski definition) is 6. The average Bonchev–Trinajstić information content (AvgIpc) is 3.20. The van der Waals surface area contributed by atoms with Crippen LogP contribution in [0.15, 0.2) is 52.9 Å². The number of nitrogens with one attached hydrogen (secondary N) is 1. The van der Waals surface area contributed by atoms with E-state index in [4.69, 9.17) is 25.5 Å². The molecule has 0 unspecified atom stereocenters. The van der Waals surface area contributed by atoms with Gasteiger partial charge in [0.15, 0.2) is 0 Å². The van der Waals surface area contributed by atoms with Crippen LogP contribution in [-0.4, -0.2) is 36.6 Å². The van der Waals surface area contributed by atoms with E-state index in [1.54, 1.807) is 45.0 Å². The van der Waals surface area contributed by atoms with E-state index in [9.17, 15) is 14.0 Å². The molecule has 0 aliphatic carbocycles. The number of halogens is 2. The Morgan fingerprint density at radius 1 is 1.06 bits per heavy atom. The molecule has 9 heteroatoms. The van der Waals surface area contributed by atoms with Gasteiger partial charge in [-0.25, -0.2) is 14.2 Å². The zero-order valence-electron chi connectivity index (χ0n) is 20.4. The first-order valence-electron chi connectivity index (χ1n) is 11.0. The number of furan rings is 1. The van der Waals surface area contributed by atoms with Crippen LogP contribution in [0.1, 0.15) is 41.5 Å². The monoisotopic (exact) mass is 510 g/mol. The summed E-state index contributed by atoms with van der Waals surface area (Å²) in [4.78, 5) is 30.1. The number of hydrogen-bond donors (Lipinski definition) is 1. The molecular formula is C27H24ClFN2O5. The number of carbonyl (C=O) groups excluding carboxylic acids is 2. The van der Waals surface area contributed by atoms with Gasteiger partial charge >= 0.3 is 5.97 Å². The van der Waals surface area contributed by atoms with Crippen molar-refractivity contribution in [1.29, 1.82) is 0 Å². The fraction of sp³-hybridized carbons (Fsp3) is 0.222. The molecular weight excluding hydrogens is 487 g/mol. The van der Waals surface area contributed by atoms with E-state index in [1.807, 2.05) is 0 Å². The molecule has 1 amide bonds. The zero-order chi connectivity index (χ0) is 26.2. The molecule has 2 heterocycles. The van der Waals surface area contributed by atoms with Gasteiger partial charge in [-0.05, 0) is 68.8 Å². The summed E-state index contributed by atoms with van der Waals surface area (Å²) < 4.78 is 30.3. The molecule has 2 aromatic carbocycles. The normalized spacial score (nSPS) is 11.4. The molecule has 0 spiro atoms. The first-order chi connectivity index (χ1) is 17.0. The van der Waals surface area contributed by atoms with E-state index in [1.165, 1.54) is 38.4 Å². The van der Waals surface area contributed by atoms with Gasteiger partial charge in [-0.1, -0.05) is 17.7 Å². The van der Waals surface area contributed by atoms with Crippen molar-refractivity contribution in [3.63, 3.8) is 0 Å². The van der Waals surface area contributed by atoms with Crippen molar-refractivity contribution >= 4 is 34.6 Å². The third-order valence-corrected chi connectivity index (χ3v) is 5.61. The molecule has 0 aliphatic rings. The van der Waals surface area contributed by atoms with Crippen molar-refractivity contribution in [1.82, 2.24) is 10.3 Å². The van der Waals surface area contributed by atoms with Gasteiger partial charge in [0.05, 0.1) is 18.1 Å². The lowest BCUT2D eigenvalue weighted by molar-refractivity contribution is 0.00664. The SMILES string of the molecule is CNC(=O)c1c(-c2ccc(F)cc2)oc2nc(Cl)c(-c3ccc(OC)c(C(=O)OC(C)(C)C)c3)cc12. The van der Waals surface area contributed by atoms with Crippen molar-refractivity contribution in [2.45, 2.75) is 26.4 Å². The van der Waals surface area contributed by atoms with Crippen molar-refractivity contribution < 1.29 is 27.9 Å². The Kier molecular flexibility index (Phi) is 6.73. The molecule has 0 saturated carbocycles. The van der Waals surface area contributed by atoms with Gasteiger partial charge in [-0.15, -0.1) is 0 Å². The Labute approximate surface area is 212 Å². The number of methoxy groups -OCH3 is 1. The Bertz CT molecular complexity index is 1470. The van der Waals surface area contributed by atoms with Crippen LogP contribution in [0.25, 0.3) is 33.6 Å². The lowest BCUT2D eigenvalue weighted by Gasteiger charge is -2.20. The van der Waals surface area contributed by atoms with Gasteiger partial charge in [-0.3, -0.25) is 4.79 Å². The summed E-state index contributed by atoms with van der Waals surface area (Å²) in [7, 11) is 2.96. The van der Waals surface area contributed by atoms with Gasteiger partial charge < -0.3 is 19.2 Å². The highest BCUT2D eigenvalue weighted by Crippen LogP contribution is 2.38. The maximum absolute atomic E-state index is 13.5. The summed E-state index contributed by atoms with van der Waals surface area (Å²) in [6.07, 6.45) is 0. The number of rotatable bonds is 5. The fourth-order valence-electron chi connectivity index (χ4n) is 3.73. The van der Waals surface area contributed by atoms with Crippen LogP contribution < -0.4 is 10.1 Å². The molecule has 1 N–H and O–H groups in total. The summed E-state index contributed by atoms with van der Waals surface area (Å²) in [6, 6.07) is 12.2. The van der Waals surface area contributed by atoms with E-state index in [-0.39, 0.29) is 27.8 Å². The van der Waals surface area contributed by atoms with Crippen LogP contribution in [0.2, 0.25) is 5.15 Å². The van der Waals surface area contributed by atoms with E-state index >= 15 is 0 Å². The van der Waals surface area contributed by atoms with Crippen LogP contribution in [-0.2, 0) is 4.74 Å². The van der Waals surface area contributed by atoms with Crippen LogP contribution >= 0.6 is 11.6 Å².